The molecule has 0 heterocycles. The molecule has 0 aliphatic heterocycles. The summed E-state index contributed by atoms with van der Waals surface area (Å²) < 4.78 is 10.9. The summed E-state index contributed by atoms with van der Waals surface area (Å²) in [5.41, 5.74) is 2.38. The fourth-order valence-electron chi connectivity index (χ4n) is 7.36. The molecule has 0 saturated heterocycles. The Bertz CT molecular complexity index is 953. The number of nitrogens with zero attached hydrogens (tertiary/aromatic N) is 1. The van der Waals surface area contributed by atoms with Crippen LogP contribution in [-0.4, -0.2) is 32.1 Å². The Morgan fingerprint density at radius 1 is 0.968 bits per heavy atom. The fraction of sp³-hybridized carbons (Fsp3) is 0.519. The number of methoxy groups -OCH3 is 2. The van der Waals surface area contributed by atoms with Crippen LogP contribution >= 0.6 is 0 Å². The van der Waals surface area contributed by atoms with Crippen LogP contribution in [0.1, 0.15) is 49.7 Å². The molecular weight excluding hydrogens is 386 g/mol. The monoisotopic (exact) mass is 419 g/mol. The molecule has 0 radical (unpaired) electrons. The van der Waals surface area contributed by atoms with Crippen LogP contribution in [0.2, 0.25) is 0 Å². The zero-order valence-electron chi connectivity index (χ0n) is 18.9. The number of hydrogen-bond donors (Lipinski definition) is 0. The lowest BCUT2D eigenvalue weighted by atomic mass is 9.42. The Morgan fingerprint density at radius 3 is 2.29 bits per heavy atom. The summed E-state index contributed by atoms with van der Waals surface area (Å²) in [5.74, 6) is 3.39. The van der Waals surface area contributed by atoms with Crippen LogP contribution in [0.4, 0.5) is 0 Å². The highest BCUT2D eigenvalue weighted by molar-refractivity contribution is 5.83. The Labute approximate surface area is 185 Å². The van der Waals surface area contributed by atoms with Gasteiger partial charge in [-0.15, -0.1) is 0 Å². The second-order valence-electron chi connectivity index (χ2n) is 10.2. The third-order valence-electron chi connectivity index (χ3n) is 8.16. The molecule has 31 heavy (non-hydrogen) atoms. The van der Waals surface area contributed by atoms with Crippen molar-refractivity contribution >= 4 is 5.91 Å². The van der Waals surface area contributed by atoms with Crippen LogP contribution in [0.3, 0.4) is 0 Å². The fourth-order valence-corrected chi connectivity index (χ4v) is 7.36. The molecule has 4 nitrogen and oxygen atoms in total. The van der Waals surface area contributed by atoms with Crippen molar-refractivity contribution in [1.29, 1.82) is 0 Å². The van der Waals surface area contributed by atoms with E-state index in [1.807, 2.05) is 30.1 Å². The molecular formula is C27H33NO3. The number of benzene rings is 2. The van der Waals surface area contributed by atoms with E-state index in [-0.39, 0.29) is 10.8 Å². The minimum atomic E-state index is -0.221. The SMILES string of the molecule is COc1ccc(C23CC4CC(CC(C(=O)N(C)Cc5ccccc5OC)(C4)C2)C3)cc1. The van der Waals surface area contributed by atoms with Crippen molar-refractivity contribution in [2.24, 2.45) is 17.3 Å². The quantitative estimate of drug-likeness (QED) is 0.646. The number of carbonyl (C=O) groups excluding carboxylic acids is 1. The third kappa shape index (κ3) is 3.40. The number of ether oxygens (including phenoxy) is 2. The van der Waals surface area contributed by atoms with Crippen LogP contribution in [0.25, 0.3) is 0 Å². The summed E-state index contributed by atoms with van der Waals surface area (Å²) in [7, 11) is 5.37. The van der Waals surface area contributed by atoms with Gasteiger partial charge in [0.15, 0.2) is 0 Å². The van der Waals surface area contributed by atoms with Gasteiger partial charge < -0.3 is 14.4 Å². The van der Waals surface area contributed by atoms with E-state index in [0.717, 1.165) is 36.3 Å². The molecule has 4 aliphatic rings. The summed E-state index contributed by atoms with van der Waals surface area (Å²) in [6.45, 7) is 0.593. The number of carbonyl (C=O) groups is 1. The first-order valence-electron chi connectivity index (χ1n) is 11.5. The number of amides is 1. The van der Waals surface area contributed by atoms with Gasteiger partial charge in [-0.2, -0.15) is 0 Å². The van der Waals surface area contributed by atoms with E-state index in [1.54, 1.807) is 14.2 Å². The molecule has 1 amide bonds. The van der Waals surface area contributed by atoms with Gasteiger partial charge in [-0.25, -0.2) is 0 Å². The largest absolute Gasteiger partial charge is 0.497 e. The van der Waals surface area contributed by atoms with E-state index < -0.39 is 0 Å². The van der Waals surface area contributed by atoms with E-state index in [1.165, 1.54) is 24.8 Å². The maximum atomic E-state index is 13.9. The van der Waals surface area contributed by atoms with Crippen molar-refractivity contribution in [2.45, 2.75) is 50.5 Å². The molecule has 164 valence electrons. The highest BCUT2D eigenvalue weighted by Gasteiger charge is 2.61. The topological polar surface area (TPSA) is 38.8 Å². The van der Waals surface area contributed by atoms with Crippen LogP contribution in [0, 0.1) is 17.3 Å². The van der Waals surface area contributed by atoms with Gasteiger partial charge in [-0.1, -0.05) is 30.3 Å². The normalized spacial score (nSPS) is 30.8. The maximum Gasteiger partial charge on any atom is 0.228 e. The Balaban J connectivity index is 1.42. The lowest BCUT2D eigenvalue weighted by molar-refractivity contribution is -0.159. The average molecular weight is 420 g/mol. The standard InChI is InChI=1S/C27H33NO3/c1-28(17-21-6-4-5-7-24(21)31-3)25(29)27-15-19-12-20(16-27)14-26(13-19,18-27)22-8-10-23(30-2)11-9-22/h4-11,19-20H,12-18H2,1-3H3. The van der Waals surface area contributed by atoms with Gasteiger partial charge in [0.2, 0.25) is 5.91 Å². The molecule has 2 aromatic carbocycles. The van der Waals surface area contributed by atoms with Crippen molar-refractivity contribution in [2.75, 3.05) is 21.3 Å². The molecule has 0 N–H and O–H groups in total. The number of hydrogen-bond acceptors (Lipinski definition) is 3. The zero-order chi connectivity index (χ0) is 21.6. The molecule has 4 heteroatoms. The lowest BCUT2D eigenvalue weighted by Gasteiger charge is -2.62. The molecule has 2 atom stereocenters. The summed E-state index contributed by atoms with van der Waals surface area (Å²) in [4.78, 5) is 15.9. The molecule has 4 aliphatic carbocycles. The first-order valence-corrected chi connectivity index (χ1v) is 11.5. The Kier molecular flexibility index (Phi) is 4.99. The van der Waals surface area contributed by atoms with Crippen LogP contribution in [-0.2, 0) is 16.8 Å². The highest BCUT2D eigenvalue weighted by Crippen LogP contribution is 2.66. The molecule has 6 rings (SSSR count). The van der Waals surface area contributed by atoms with Gasteiger partial charge in [0.25, 0.3) is 0 Å². The first kappa shape index (κ1) is 20.4. The smallest absolute Gasteiger partial charge is 0.228 e. The minimum absolute atomic E-state index is 0.136. The molecule has 4 fully saturated rings. The van der Waals surface area contributed by atoms with Crippen molar-refractivity contribution in [3.63, 3.8) is 0 Å². The van der Waals surface area contributed by atoms with Crippen molar-refractivity contribution < 1.29 is 14.3 Å². The van der Waals surface area contributed by atoms with E-state index in [9.17, 15) is 4.79 Å². The van der Waals surface area contributed by atoms with Crippen LogP contribution in [0.5, 0.6) is 11.5 Å². The second-order valence-corrected chi connectivity index (χ2v) is 10.2. The minimum Gasteiger partial charge on any atom is -0.497 e. The van der Waals surface area contributed by atoms with Gasteiger partial charge in [0.05, 0.1) is 19.6 Å². The molecule has 4 bridgehead atoms. The van der Waals surface area contributed by atoms with Crippen LogP contribution in [0.15, 0.2) is 48.5 Å². The highest BCUT2D eigenvalue weighted by atomic mass is 16.5. The van der Waals surface area contributed by atoms with Crippen molar-refractivity contribution in [3.8, 4) is 11.5 Å². The van der Waals surface area contributed by atoms with Gasteiger partial charge in [-0.3, -0.25) is 4.79 Å². The summed E-state index contributed by atoms with van der Waals surface area (Å²) in [6.07, 6.45) is 6.83. The Morgan fingerprint density at radius 2 is 1.65 bits per heavy atom. The van der Waals surface area contributed by atoms with Crippen molar-refractivity contribution in [1.82, 2.24) is 4.90 Å². The average Bonchev–Trinajstić information content (AvgIpc) is 2.78. The molecule has 4 saturated carbocycles. The lowest BCUT2D eigenvalue weighted by Crippen LogP contribution is -2.59. The summed E-state index contributed by atoms with van der Waals surface area (Å²) >= 11 is 0. The summed E-state index contributed by atoms with van der Waals surface area (Å²) in [5, 5.41) is 0. The van der Waals surface area contributed by atoms with E-state index >= 15 is 0 Å². The zero-order valence-corrected chi connectivity index (χ0v) is 18.9. The molecule has 0 spiro atoms. The maximum absolute atomic E-state index is 13.9. The predicted octanol–water partition coefficient (Wildman–Crippen LogP) is 5.20. The Hall–Kier alpha value is -2.49. The first-order chi connectivity index (χ1) is 15.0. The van der Waals surface area contributed by atoms with Gasteiger partial charge in [0.1, 0.15) is 11.5 Å². The van der Waals surface area contributed by atoms with Crippen molar-refractivity contribution in [3.05, 3.63) is 59.7 Å². The summed E-state index contributed by atoms with van der Waals surface area (Å²) in [6, 6.07) is 16.7. The number of rotatable bonds is 6. The van der Waals surface area contributed by atoms with Gasteiger partial charge >= 0.3 is 0 Å². The molecule has 2 aromatic rings. The van der Waals surface area contributed by atoms with E-state index in [4.69, 9.17) is 9.47 Å². The molecule has 2 unspecified atom stereocenters. The molecule has 0 aromatic heterocycles. The van der Waals surface area contributed by atoms with Crippen LogP contribution < -0.4 is 9.47 Å². The van der Waals surface area contributed by atoms with E-state index in [0.29, 0.717) is 24.3 Å². The van der Waals surface area contributed by atoms with Gasteiger partial charge in [0, 0.05) is 19.2 Å². The third-order valence-corrected chi connectivity index (χ3v) is 8.16. The van der Waals surface area contributed by atoms with E-state index in [2.05, 4.69) is 30.3 Å². The predicted molar refractivity (Wildman–Crippen MR) is 121 cm³/mol. The number of para-hydroxylation sites is 1. The van der Waals surface area contributed by atoms with Gasteiger partial charge in [-0.05, 0) is 79.5 Å². The second kappa shape index (κ2) is 7.58.